The molecule has 0 aliphatic rings. The quantitative estimate of drug-likeness (QED) is 0.555. The van der Waals surface area contributed by atoms with Crippen molar-refractivity contribution in [3.8, 4) is 0 Å². The van der Waals surface area contributed by atoms with Crippen molar-refractivity contribution >= 4 is 34.4 Å². The molecule has 0 aromatic heterocycles. The standard InChI is InChI=1S/C21H16FNO3/c22-17-11-8-15(9-12-17)10-13-21(25)26-14-20(24)23-19-7-3-5-16-4-1-2-6-18(16)19/h1-13H,14H2,(H,23,24)/b13-10+. The summed E-state index contributed by atoms with van der Waals surface area (Å²) in [5.41, 5.74) is 1.31. The van der Waals surface area contributed by atoms with Gasteiger partial charge in [0.15, 0.2) is 6.61 Å². The molecule has 0 saturated carbocycles. The Morgan fingerprint density at radius 2 is 1.69 bits per heavy atom. The van der Waals surface area contributed by atoms with Gasteiger partial charge in [-0.2, -0.15) is 0 Å². The number of hydrogen-bond donors (Lipinski definition) is 1. The Morgan fingerprint density at radius 3 is 2.50 bits per heavy atom. The molecule has 3 aromatic rings. The number of carbonyl (C=O) groups is 2. The van der Waals surface area contributed by atoms with Gasteiger partial charge >= 0.3 is 5.97 Å². The molecule has 5 heteroatoms. The van der Waals surface area contributed by atoms with Gasteiger partial charge in [-0.15, -0.1) is 0 Å². The summed E-state index contributed by atoms with van der Waals surface area (Å²) in [5.74, 6) is -1.43. The third kappa shape index (κ3) is 4.54. The Morgan fingerprint density at radius 1 is 0.962 bits per heavy atom. The van der Waals surface area contributed by atoms with Crippen LogP contribution >= 0.6 is 0 Å². The molecule has 0 saturated heterocycles. The van der Waals surface area contributed by atoms with Crippen molar-refractivity contribution in [3.05, 3.63) is 84.2 Å². The predicted molar refractivity (Wildman–Crippen MR) is 99.0 cm³/mol. The van der Waals surface area contributed by atoms with Crippen molar-refractivity contribution in [2.75, 3.05) is 11.9 Å². The number of ether oxygens (including phenoxy) is 1. The molecule has 0 atom stereocenters. The topological polar surface area (TPSA) is 55.4 Å². The Labute approximate surface area is 149 Å². The molecule has 0 heterocycles. The maximum absolute atomic E-state index is 12.8. The van der Waals surface area contributed by atoms with Crippen LogP contribution in [0.4, 0.5) is 10.1 Å². The first-order valence-corrected chi connectivity index (χ1v) is 8.00. The second kappa shape index (κ2) is 8.07. The summed E-state index contributed by atoms with van der Waals surface area (Å²) in [6, 6.07) is 18.9. The largest absolute Gasteiger partial charge is 0.452 e. The molecule has 0 aliphatic heterocycles. The van der Waals surface area contributed by atoms with Crippen molar-refractivity contribution < 1.29 is 18.7 Å². The molecule has 0 bridgehead atoms. The number of halogens is 1. The third-order valence-electron chi connectivity index (χ3n) is 3.69. The van der Waals surface area contributed by atoms with Crippen LogP contribution in [0.3, 0.4) is 0 Å². The van der Waals surface area contributed by atoms with E-state index in [1.54, 1.807) is 6.07 Å². The van der Waals surface area contributed by atoms with Gasteiger partial charge in [0, 0.05) is 17.1 Å². The van der Waals surface area contributed by atoms with E-state index in [2.05, 4.69) is 5.32 Å². The lowest BCUT2D eigenvalue weighted by Gasteiger charge is -2.08. The lowest BCUT2D eigenvalue weighted by atomic mass is 10.1. The van der Waals surface area contributed by atoms with Crippen molar-refractivity contribution in [1.82, 2.24) is 0 Å². The summed E-state index contributed by atoms with van der Waals surface area (Å²) < 4.78 is 17.7. The Balaban J connectivity index is 1.55. The van der Waals surface area contributed by atoms with Crippen LogP contribution in [0.2, 0.25) is 0 Å². The normalized spacial score (nSPS) is 10.8. The van der Waals surface area contributed by atoms with E-state index in [9.17, 15) is 14.0 Å². The van der Waals surface area contributed by atoms with E-state index >= 15 is 0 Å². The highest BCUT2D eigenvalue weighted by atomic mass is 19.1. The van der Waals surface area contributed by atoms with Gasteiger partial charge < -0.3 is 10.1 Å². The van der Waals surface area contributed by atoms with Crippen molar-refractivity contribution in [2.24, 2.45) is 0 Å². The molecule has 0 unspecified atom stereocenters. The lowest BCUT2D eigenvalue weighted by molar-refractivity contribution is -0.142. The smallest absolute Gasteiger partial charge is 0.331 e. The second-order valence-electron chi connectivity index (χ2n) is 5.57. The molecule has 0 spiro atoms. The molecular weight excluding hydrogens is 333 g/mol. The highest BCUT2D eigenvalue weighted by Crippen LogP contribution is 2.22. The molecule has 1 amide bonds. The van der Waals surface area contributed by atoms with Gasteiger partial charge in [-0.1, -0.05) is 48.5 Å². The Bertz CT molecular complexity index is 959. The number of anilines is 1. The van der Waals surface area contributed by atoms with E-state index in [-0.39, 0.29) is 5.82 Å². The van der Waals surface area contributed by atoms with Gasteiger partial charge in [0.1, 0.15) is 5.82 Å². The molecule has 26 heavy (non-hydrogen) atoms. The van der Waals surface area contributed by atoms with Crippen LogP contribution in [-0.2, 0) is 14.3 Å². The first-order valence-electron chi connectivity index (χ1n) is 8.00. The van der Waals surface area contributed by atoms with E-state index < -0.39 is 18.5 Å². The number of esters is 1. The van der Waals surface area contributed by atoms with Crippen molar-refractivity contribution in [1.29, 1.82) is 0 Å². The van der Waals surface area contributed by atoms with Crippen LogP contribution < -0.4 is 5.32 Å². The van der Waals surface area contributed by atoms with E-state index in [1.807, 2.05) is 36.4 Å². The average molecular weight is 349 g/mol. The van der Waals surface area contributed by atoms with Crippen molar-refractivity contribution in [2.45, 2.75) is 0 Å². The van der Waals surface area contributed by atoms with Crippen LogP contribution in [0.5, 0.6) is 0 Å². The van der Waals surface area contributed by atoms with Crippen LogP contribution in [0, 0.1) is 5.82 Å². The number of nitrogens with one attached hydrogen (secondary N) is 1. The van der Waals surface area contributed by atoms with Crippen LogP contribution in [-0.4, -0.2) is 18.5 Å². The number of hydrogen-bond acceptors (Lipinski definition) is 3. The van der Waals surface area contributed by atoms with Crippen LogP contribution in [0.15, 0.2) is 72.8 Å². The van der Waals surface area contributed by atoms with Gasteiger partial charge in [-0.3, -0.25) is 4.79 Å². The van der Waals surface area contributed by atoms with Gasteiger partial charge in [0.05, 0.1) is 0 Å². The highest BCUT2D eigenvalue weighted by molar-refractivity contribution is 6.03. The fourth-order valence-corrected chi connectivity index (χ4v) is 2.44. The monoisotopic (exact) mass is 349 g/mol. The summed E-state index contributed by atoms with van der Waals surface area (Å²) in [4.78, 5) is 23.7. The minimum absolute atomic E-state index is 0.352. The van der Waals surface area contributed by atoms with E-state index in [0.717, 1.165) is 10.8 Å². The van der Waals surface area contributed by atoms with Gasteiger partial charge in [0.2, 0.25) is 0 Å². The maximum Gasteiger partial charge on any atom is 0.331 e. The molecule has 0 radical (unpaired) electrons. The molecule has 0 fully saturated rings. The van der Waals surface area contributed by atoms with E-state index in [0.29, 0.717) is 11.3 Å². The lowest BCUT2D eigenvalue weighted by Crippen LogP contribution is -2.20. The Kier molecular flexibility index (Phi) is 5.39. The zero-order valence-electron chi connectivity index (χ0n) is 13.8. The van der Waals surface area contributed by atoms with E-state index in [1.165, 1.54) is 36.4 Å². The molecule has 3 aromatic carbocycles. The molecule has 0 aliphatic carbocycles. The molecule has 1 N–H and O–H groups in total. The second-order valence-corrected chi connectivity index (χ2v) is 5.57. The van der Waals surface area contributed by atoms with Gasteiger partial charge in [-0.05, 0) is 35.2 Å². The summed E-state index contributed by atoms with van der Waals surface area (Å²) in [5, 5.41) is 4.65. The average Bonchev–Trinajstić information content (AvgIpc) is 2.66. The van der Waals surface area contributed by atoms with Crippen LogP contribution in [0.1, 0.15) is 5.56 Å². The minimum Gasteiger partial charge on any atom is -0.452 e. The fourth-order valence-electron chi connectivity index (χ4n) is 2.44. The fraction of sp³-hybridized carbons (Fsp3) is 0.0476. The first kappa shape index (κ1) is 17.4. The SMILES string of the molecule is O=C(COC(=O)/C=C/c1ccc(F)cc1)Nc1cccc2ccccc12. The van der Waals surface area contributed by atoms with E-state index in [4.69, 9.17) is 4.74 Å². The van der Waals surface area contributed by atoms with Crippen LogP contribution in [0.25, 0.3) is 16.8 Å². The summed E-state index contributed by atoms with van der Waals surface area (Å²) in [6.07, 6.45) is 2.68. The van der Waals surface area contributed by atoms with Crippen molar-refractivity contribution in [3.63, 3.8) is 0 Å². The minimum atomic E-state index is -0.651. The summed E-state index contributed by atoms with van der Waals surface area (Å²) in [7, 11) is 0. The molecule has 4 nitrogen and oxygen atoms in total. The number of rotatable bonds is 5. The number of carbonyl (C=O) groups excluding carboxylic acids is 2. The zero-order chi connectivity index (χ0) is 18.4. The molecule has 3 rings (SSSR count). The summed E-state index contributed by atoms with van der Waals surface area (Å²) >= 11 is 0. The zero-order valence-corrected chi connectivity index (χ0v) is 13.8. The van der Waals surface area contributed by atoms with Gasteiger partial charge in [0.25, 0.3) is 5.91 Å². The molecular formula is C21H16FNO3. The van der Waals surface area contributed by atoms with Gasteiger partial charge in [-0.25, -0.2) is 9.18 Å². The highest BCUT2D eigenvalue weighted by Gasteiger charge is 2.08. The number of amides is 1. The summed E-state index contributed by atoms with van der Waals surface area (Å²) in [6.45, 7) is -0.393. The predicted octanol–water partition coefficient (Wildman–Crippen LogP) is 4.17. The number of benzene rings is 3. The first-order chi connectivity index (χ1) is 12.6. The Hall–Kier alpha value is -3.47. The number of fused-ring (bicyclic) bond motifs is 1. The molecule has 130 valence electrons. The maximum atomic E-state index is 12.8. The third-order valence-corrected chi connectivity index (χ3v) is 3.69.